The molecule has 1 rings (SSSR count). The fourth-order valence-corrected chi connectivity index (χ4v) is 1.53. The number of hydrogen-bond donors (Lipinski definition) is 1. The predicted molar refractivity (Wildman–Crippen MR) is 64.8 cm³/mol. The molecule has 0 aliphatic rings. The summed E-state index contributed by atoms with van der Waals surface area (Å²) in [5, 5.41) is 1.36. The van der Waals surface area contributed by atoms with Crippen LogP contribution in [0.1, 0.15) is 17.3 Å². The van der Waals surface area contributed by atoms with Gasteiger partial charge in [-0.05, 0) is 31.2 Å². The lowest BCUT2D eigenvalue weighted by Crippen LogP contribution is -2.31. The average molecular weight is 255 g/mol. The number of hydrogen-bond acceptors (Lipinski definition) is 4. The summed E-state index contributed by atoms with van der Waals surface area (Å²) in [5.41, 5.74) is 0.940. The molecule has 17 heavy (non-hydrogen) atoms. The third kappa shape index (κ3) is 3.67. The van der Waals surface area contributed by atoms with Crippen molar-refractivity contribution < 1.29 is 18.0 Å². The van der Waals surface area contributed by atoms with E-state index in [4.69, 9.17) is 0 Å². The Morgan fingerprint density at radius 2 is 1.82 bits per heavy atom. The normalized spacial score (nSPS) is 12.8. The van der Waals surface area contributed by atoms with Crippen molar-refractivity contribution in [2.45, 2.75) is 12.2 Å². The first-order chi connectivity index (χ1) is 7.84. The van der Waals surface area contributed by atoms with E-state index in [1.165, 1.54) is 31.2 Å². The van der Waals surface area contributed by atoms with E-state index in [2.05, 4.69) is 5.32 Å². The molecule has 0 bridgehead atoms. The summed E-state index contributed by atoms with van der Waals surface area (Å²) in [7, 11) is -3.40. The molecule has 0 aliphatic heterocycles. The molecular formula is C11H13NO4S. The van der Waals surface area contributed by atoms with Crippen LogP contribution in [0.5, 0.6) is 0 Å². The van der Waals surface area contributed by atoms with Crippen LogP contribution in [0.3, 0.4) is 0 Å². The summed E-state index contributed by atoms with van der Waals surface area (Å²) in [4.78, 5) is 22.0. The lowest BCUT2D eigenvalue weighted by Gasteiger charge is -2.10. The zero-order valence-corrected chi connectivity index (χ0v) is 10.3. The maximum absolute atomic E-state index is 11.6. The number of aldehydes is 1. The van der Waals surface area contributed by atoms with Gasteiger partial charge in [-0.1, -0.05) is 0 Å². The van der Waals surface area contributed by atoms with Crippen molar-refractivity contribution in [2.24, 2.45) is 0 Å². The molecule has 1 amide bonds. The van der Waals surface area contributed by atoms with Gasteiger partial charge in [-0.25, -0.2) is 8.42 Å². The van der Waals surface area contributed by atoms with Gasteiger partial charge >= 0.3 is 0 Å². The maximum atomic E-state index is 11.6. The Hall–Kier alpha value is -1.69. The monoisotopic (exact) mass is 255 g/mol. The molecular weight excluding hydrogens is 242 g/mol. The van der Waals surface area contributed by atoms with Gasteiger partial charge in [0.15, 0.2) is 9.84 Å². The van der Waals surface area contributed by atoms with Gasteiger partial charge in [0.25, 0.3) is 0 Å². The molecule has 92 valence electrons. The minimum Gasteiger partial charge on any atom is -0.325 e. The zero-order chi connectivity index (χ0) is 13.1. The molecule has 0 radical (unpaired) electrons. The quantitative estimate of drug-likeness (QED) is 0.809. The molecule has 0 fully saturated rings. The Kier molecular flexibility index (Phi) is 4.01. The number of nitrogens with one attached hydrogen (secondary N) is 1. The smallest absolute Gasteiger partial charge is 0.242 e. The Labute approximate surface area is 99.8 Å². The first kappa shape index (κ1) is 13.4. The van der Waals surface area contributed by atoms with E-state index in [0.29, 0.717) is 17.5 Å². The topological polar surface area (TPSA) is 80.3 Å². The van der Waals surface area contributed by atoms with Gasteiger partial charge in [0.1, 0.15) is 11.5 Å². The van der Waals surface area contributed by atoms with Crippen LogP contribution in [0.2, 0.25) is 0 Å². The first-order valence-corrected chi connectivity index (χ1v) is 6.85. The molecule has 6 heteroatoms. The van der Waals surface area contributed by atoms with Gasteiger partial charge in [0, 0.05) is 17.5 Å². The second kappa shape index (κ2) is 5.09. The predicted octanol–water partition coefficient (Wildman–Crippen LogP) is 0.871. The van der Waals surface area contributed by atoms with Crippen LogP contribution < -0.4 is 5.32 Å². The van der Waals surface area contributed by atoms with Crippen molar-refractivity contribution in [3.63, 3.8) is 0 Å². The van der Waals surface area contributed by atoms with E-state index in [9.17, 15) is 18.0 Å². The zero-order valence-electron chi connectivity index (χ0n) is 9.51. The molecule has 1 N–H and O–H groups in total. The Morgan fingerprint density at radius 3 is 2.24 bits per heavy atom. The number of carbonyl (C=O) groups is 2. The highest BCUT2D eigenvalue weighted by molar-refractivity contribution is 7.92. The molecule has 0 saturated carbocycles. The van der Waals surface area contributed by atoms with Crippen LogP contribution in [0.4, 0.5) is 5.69 Å². The lowest BCUT2D eigenvalue weighted by atomic mass is 10.2. The molecule has 1 unspecified atom stereocenters. The molecule has 0 aliphatic carbocycles. The van der Waals surface area contributed by atoms with E-state index >= 15 is 0 Å². The number of anilines is 1. The first-order valence-electron chi connectivity index (χ1n) is 4.89. The van der Waals surface area contributed by atoms with E-state index in [1.807, 2.05) is 0 Å². The fourth-order valence-electron chi connectivity index (χ4n) is 1.08. The van der Waals surface area contributed by atoms with Crippen LogP contribution >= 0.6 is 0 Å². The maximum Gasteiger partial charge on any atom is 0.242 e. The van der Waals surface area contributed by atoms with Crippen molar-refractivity contribution >= 4 is 27.7 Å². The molecule has 1 atom stereocenters. The van der Waals surface area contributed by atoms with Crippen LogP contribution in [0, 0.1) is 0 Å². The van der Waals surface area contributed by atoms with Crippen molar-refractivity contribution in [3.8, 4) is 0 Å². The highest BCUT2D eigenvalue weighted by Gasteiger charge is 2.23. The second-order valence-electron chi connectivity index (χ2n) is 3.70. The summed E-state index contributed by atoms with van der Waals surface area (Å²) < 4.78 is 22.3. The molecule has 0 spiro atoms. The van der Waals surface area contributed by atoms with Gasteiger partial charge in [-0.2, -0.15) is 0 Å². The molecule has 5 nitrogen and oxygen atoms in total. The van der Waals surface area contributed by atoms with Gasteiger partial charge in [-0.3, -0.25) is 9.59 Å². The molecule has 1 aromatic carbocycles. The third-order valence-corrected chi connectivity index (χ3v) is 3.82. The highest BCUT2D eigenvalue weighted by atomic mass is 32.2. The van der Waals surface area contributed by atoms with Gasteiger partial charge in [0.05, 0.1) is 0 Å². The molecule has 0 heterocycles. The Balaban J connectivity index is 2.78. The number of sulfone groups is 1. The summed E-state index contributed by atoms with van der Waals surface area (Å²) in [6, 6.07) is 6.15. The molecule has 0 aromatic heterocycles. The summed E-state index contributed by atoms with van der Waals surface area (Å²) in [5.74, 6) is -0.591. The minimum atomic E-state index is -3.40. The largest absolute Gasteiger partial charge is 0.325 e. The van der Waals surface area contributed by atoms with Gasteiger partial charge < -0.3 is 5.32 Å². The standard InChI is InChI=1S/C11H13NO4S/c1-8(17(2,15)16)11(14)12-10-5-3-9(7-13)4-6-10/h3-8H,1-2H3,(H,12,14). The molecule has 1 aromatic rings. The van der Waals surface area contributed by atoms with Gasteiger partial charge in [-0.15, -0.1) is 0 Å². The van der Waals surface area contributed by atoms with E-state index in [-0.39, 0.29) is 0 Å². The van der Waals surface area contributed by atoms with Crippen LogP contribution in [0.15, 0.2) is 24.3 Å². The van der Waals surface area contributed by atoms with Crippen molar-refractivity contribution in [3.05, 3.63) is 29.8 Å². The minimum absolute atomic E-state index is 0.455. The summed E-state index contributed by atoms with van der Waals surface area (Å²) in [6.45, 7) is 1.32. The van der Waals surface area contributed by atoms with Crippen molar-refractivity contribution in [1.29, 1.82) is 0 Å². The van der Waals surface area contributed by atoms with E-state index in [0.717, 1.165) is 6.26 Å². The lowest BCUT2D eigenvalue weighted by molar-refractivity contribution is -0.115. The SMILES string of the molecule is CC(C(=O)Nc1ccc(C=O)cc1)S(C)(=O)=O. The fraction of sp³-hybridized carbons (Fsp3) is 0.273. The highest BCUT2D eigenvalue weighted by Crippen LogP contribution is 2.10. The number of rotatable bonds is 4. The Morgan fingerprint density at radius 1 is 1.29 bits per heavy atom. The van der Waals surface area contributed by atoms with E-state index in [1.54, 1.807) is 0 Å². The van der Waals surface area contributed by atoms with Crippen molar-refractivity contribution in [1.82, 2.24) is 0 Å². The average Bonchev–Trinajstić information content (AvgIpc) is 2.27. The second-order valence-corrected chi connectivity index (χ2v) is 6.07. The molecule has 0 saturated heterocycles. The third-order valence-electron chi connectivity index (χ3n) is 2.33. The Bertz CT molecular complexity index is 519. The number of carbonyl (C=O) groups excluding carboxylic acids is 2. The summed E-state index contributed by atoms with van der Waals surface area (Å²) >= 11 is 0. The summed E-state index contributed by atoms with van der Waals surface area (Å²) in [6.07, 6.45) is 1.69. The number of amides is 1. The van der Waals surface area contributed by atoms with E-state index < -0.39 is 21.0 Å². The van der Waals surface area contributed by atoms with Crippen LogP contribution in [-0.2, 0) is 14.6 Å². The van der Waals surface area contributed by atoms with Crippen LogP contribution in [0.25, 0.3) is 0 Å². The van der Waals surface area contributed by atoms with Crippen molar-refractivity contribution in [2.75, 3.05) is 11.6 Å². The number of benzene rings is 1. The van der Waals surface area contributed by atoms with Crippen LogP contribution in [-0.4, -0.2) is 32.1 Å². The van der Waals surface area contributed by atoms with Gasteiger partial charge in [0.2, 0.25) is 5.91 Å².